The largest absolute Gasteiger partial charge is 0.346 e. The molecule has 2 aliphatic rings. The second-order valence-corrected chi connectivity index (χ2v) is 6.34. The predicted molar refractivity (Wildman–Crippen MR) is 79.9 cm³/mol. The van der Waals surface area contributed by atoms with Crippen LogP contribution in [0, 0.1) is 5.92 Å². The number of aromatic nitrogens is 3. The zero-order valence-electron chi connectivity index (χ0n) is 13.2. The van der Waals surface area contributed by atoms with Crippen molar-refractivity contribution in [1.82, 2.24) is 25.0 Å². The van der Waals surface area contributed by atoms with E-state index in [1.807, 2.05) is 6.92 Å². The molecule has 0 aliphatic carbocycles. The molecule has 2 aliphatic heterocycles. The van der Waals surface area contributed by atoms with Crippen molar-refractivity contribution < 1.29 is 9.59 Å². The van der Waals surface area contributed by atoms with Gasteiger partial charge in [0.2, 0.25) is 11.8 Å². The molecule has 2 atom stereocenters. The number of hydrogen-bond acceptors (Lipinski definition) is 4. The summed E-state index contributed by atoms with van der Waals surface area (Å²) in [6, 6.07) is -0.187. The SMILES string of the molecule is C[C@H](NC(=O)[C@@H]1CC(=O)N(C)C1)c1nnc2n1CCCCC2. The van der Waals surface area contributed by atoms with Crippen molar-refractivity contribution in [3.8, 4) is 0 Å². The van der Waals surface area contributed by atoms with Crippen LogP contribution in [-0.2, 0) is 22.6 Å². The first-order valence-electron chi connectivity index (χ1n) is 8.02. The standard InChI is InChI=1S/C15H23N5O2/c1-10(16-15(22)11-8-13(21)19(2)9-11)14-18-17-12-6-4-3-5-7-20(12)14/h10-11H,3-9H2,1-2H3,(H,16,22)/t10-,11+/m0/s1. The molecule has 1 saturated heterocycles. The number of hydrogen-bond donors (Lipinski definition) is 1. The molecule has 0 aromatic carbocycles. The summed E-state index contributed by atoms with van der Waals surface area (Å²) in [5.74, 6) is 1.54. The van der Waals surface area contributed by atoms with Gasteiger partial charge in [0.05, 0.1) is 12.0 Å². The Morgan fingerprint density at radius 3 is 2.86 bits per heavy atom. The van der Waals surface area contributed by atoms with Crippen LogP contribution >= 0.6 is 0 Å². The van der Waals surface area contributed by atoms with Crippen molar-refractivity contribution in [3.05, 3.63) is 11.6 Å². The van der Waals surface area contributed by atoms with E-state index in [0.29, 0.717) is 13.0 Å². The summed E-state index contributed by atoms with van der Waals surface area (Å²) in [6.07, 6.45) is 4.73. The summed E-state index contributed by atoms with van der Waals surface area (Å²) in [7, 11) is 1.73. The van der Waals surface area contributed by atoms with E-state index < -0.39 is 0 Å². The highest BCUT2D eigenvalue weighted by molar-refractivity contribution is 5.89. The summed E-state index contributed by atoms with van der Waals surface area (Å²) < 4.78 is 2.14. The number of carbonyl (C=O) groups excluding carboxylic acids is 2. The van der Waals surface area contributed by atoms with Crippen LogP contribution in [0.2, 0.25) is 0 Å². The summed E-state index contributed by atoms with van der Waals surface area (Å²) in [5, 5.41) is 11.5. The molecule has 7 nitrogen and oxygen atoms in total. The van der Waals surface area contributed by atoms with E-state index in [4.69, 9.17) is 0 Å². The van der Waals surface area contributed by atoms with Gasteiger partial charge in [0.1, 0.15) is 5.82 Å². The van der Waals surface area contributed by atoms with Gasteiger partial charge in [-0.1, -0.05) is 6.42 Å². The fourth-order valence-electron chi connectivity index (χ4n) is 3.26. The van der Waals surface area contributed by atoms with Crippen molar-refractivity contribution in [2.75, 3.05) is 13.6 Å². The van der Waals surface area contributed by atoms with Crippen LogP contribution in [0.15, 0.2) is 0 Å². The van der Waals surface area contributed by atoms with E-state index in [1.54, 1.807) is 11.9 Å². The minimum Gasteiger partial charge on any atom is -0.346 e. The second kappa shape index (κ2) is 6.06. The summed E-state index contributed by atoms with van der Waals surface area (Å²) in [4.78, 5) is 25.5. The summed E-state index contributed by atoms with van der Waals surface area (Å²) in [5.41, 5.74) is 0. The monoisotopic (exact) mass is 305 g/mol. The first kappa shape index (κ1) is 15.0. The van der Waals surface area contributed by atoms with Gasteiger partial charge in [-0.2, -0.15) is 0 Å². The first-order valence-corrected chi connectivity index (χ1v) is 8.02. The normalized spacial score (nSPS) is 23.1. The van der Waals surface area contributed by atoms with Gasteiger partial charge in [0.25, 0.3) is 0 Å². The molecular weight excluding hydrogens is 282 g/mol. The molecule has 2 amide bonds. The Morgan fingerprint density at radius 2 is 2.14 bits per heavy atom. The van der Waals surface area contributed by atoms with Crippen molar-refractivity contribution in [3.63, 3.8) is 0 Å². The maximum absolute atomic E-state index is 12.3. The third kappa shape index (κ3) is 2.84. The Morgan fingerprint density at radius 1 is 1.32 bits per heavy atom. The molecule has 0 radical (unpaired) electrons. The van der Waals surface area contributed by atoms with Gasteiger partial charge in [-0.05, 0) is 19.8 Å². The molecule has 0 unspecified atom stereocenters. The Hall–Kier alpha value is -1.92. The molecule has 0 spiro atoms. The molecule has 1 fully saturated rings. The highest BCUT2D eigenvalue weighted by Crippen LogP contribution is 2.21. The maximum Gasteiger partial charge on any atom is 0.226 e. The van der Waals surface area contributed by atoms with E-state index in [0.717, 1.165) is 37.5 Å². The van der Waals surface area contributed by atoms with Gasteiger partial charge < -0.3 is 14.8 Å². The highest BCUT2D eigenvalue weighted by Gasteiger charge is 2.33. The fraction of sp³-hybridized carbons (Fsp3) is 0.733. The smallest absolute Gasteiger partial charge is 0.226 e. The first-order chi connectivity index (χ1) is 10.6. The van der Waals surface area contributed by atoms with Crippen molar-refractivity contribution in [1.29, 1.82) is 0 Å². The highest BCUT2D eigenvalue weighted by atomic mass is 16.2. The van der Waals surface area contributed by atoms with E-state index >= 15 is 0 Å². The number of aryl methyl sites for hydroxylation is 1. The van der Waals surface area contributed by atoms with E-state index in [1.165, 1.54) is 6.42 Å². The lowest BCUT2D eigenvalue weighted by atomic mass is 10.1. The topological polar surface area (TPSA) is 80.1 Å². The fourth-order valence-corrected chi connectivity index (χ4v) is 3.26. The zero-order chi connectivity index (χ0) is 15.7. The molecule has 1 N–H and O–H groups in total. The zero-order valence-corrected chi connectivity index (χ0v) is 13.2. The van der Waals surface area contributed by atoms with Crippen molar-refractivity contribution in [2.24, 2.45) is 5.92 Å². The molecule has 22 heavy (non-hydrogen) atoms. The Bertz CT molecular complexity index is 582. The Labute approximate surface area is 130 Å². The van der Waals surface area contributed by atoms with Crippen LogP contribution in [0.4, 0.5) is 0 Å². The number of rotatable bonds is 3. The number of amides is 2. The van der Waals surface area contributed by atoms with Gasteiger partial charge in [0.15, 0.2) is 5.82 Å². The lowest BCUT2D eigenvalue weighted by molar-refractivity contribution is -0.128. The van der Waals surface area contributed by atoms with Gasteiger partial charge in [-0.3, -0.25) is 9.59 Å². The average Bonchev–Trinajstić information content (AvgIpc) is 2.95. The minimum absolute atomic E-state index is 0.0316. The van der Waals surface area contributed by atoms with Gasteiger partial charge in [-0.25, -0.2) is 0 Å². The van der Waals surface area contributed by atoms with Crippen molar-refractivity contribution >= 4 is 11.8 Å². The van der Waals surface area contributed by atoms with Crippen LogP contribution in [-0.4, -0.2) is 45.1 Å². The van der Waals surface area contributed by atoms with Crippen LogP contribution in [0.25, 0.3) is 0 Å². The molecule has 120 valence electrons. The molecule has 0 bridgehead atoms. The van der Waals surface area contributed by atoms with Crippen LogP contribution < -0.4 is 5.32 Å². The quantitative estimate of drug-likeness (QED) is 0.889. The third-order valence-electron chi connectivity index (χ3n) is 4.60. The number of nitrogens with zero attached hydrogens (tertiary/aromatic N) is 4. The molecule has 7 heteroatoms. The summed E-state index contributed by atoms with van der Waals surface area (Å²) in [6.45, 7) is 3.35. The molecule has 0 saturated carbocycles. The number of carbonyl (C=O) groups is 2. The number of fused-ring (bicyclic) bond motifs is 1. The van der Waals surface area contributed by atoms with Gasteiger partial charge >= 0.3 is 0 Å². The predicted octanol–water partition coefficient (Wildman–Crippen LogP) is 0.660. The van der Waals surface area contributed by atoms with Crippen molar-refractivity contribution in [2.45, 2.75) is 51.6 Å². The molecular formula is C15H23N5O2. The van der Waals surface area contributed by atoms with Crippen LogP contribution in [0.5, 0.6) is 0 Å². The lowest BCUT2D eigenvalue weighted by Crippen LogP contribution is -2.35. The van der Waals surface area contributed by atoms with Gasteiger partial charge in [-0.15, -0.1) is 10.2 Å². The summed E-state index contributed by atoms with van der Waals surface area (Å²) >= 11 is 0. The van der Waals surface area contributed by atoms with Crippen LogP contribution in [0.3, 0.4) is 0 Å². The van der Waals surface area contributed by atoms with E-state index in [2.05, 4.69) is 20.1 Å². The Balaban J connectivity index is 1.67. The third-order valence-corrected chi connectivity index (χ3v) is 4.60. The molecule has 1 aromatic heterocycles. The number of likely N-dealkylation sites (tertiary alicyclic amines) is 1. The number of nitrogens with one attached hydrogen (secondary N) is 1. The molecule has 3 rings (SSSR count). The van der Waals surface area contributed by atoms with E-state index in [-0.39, 0.29) is 23.8 Å². The maximum atomic E-state index is 12.3. The molecule has 1 aromatic rings. The van der Waals surface area contributed by atoms with E-state index in [9.17, 15) is 9.59 Å². The van der Waals surface area contributed by atoms with Crippen LogP contribution in [0.1, 0.15) is 50.3 Å². The van der Waals surface area contributed by atoms with Gasteiger partial charge in [0, 0.05) is 33.0 Å². The second-order valence-electron chi connectivity index (χ2n) is 6.34. The molecule has 3 heterocycles. The minimum atomic E-state index is -0.258. The average molecular weight is 305 g/mol. The Kier molecular flexibility index (Phi) is 4.13. The lowest BCUT2D eigenvalue weighted by Gasteiger charge is -2.17.